The largest absolute Gasteiger partial charge is 0.378 e. The minimum absolute atomic E-state index is 0.226. The molecule has 0 fully saturated rings. The molecular weight excluding hydrogens is 264 g/mol. The summed E-state index contributed by atoms with van der Waals surface area (Å²) in [5.41, 5.74) is 0.344. The second-order valence-electron chi connectivity index (χ2n) is 3.02. The fourth-order valence-electron chi connectivity index (χ4n) is 1.06. The van der Waals surface area contributed by atoms with Crippen molar-refractivity contribution in [2.24, 2.45) is 0 Å². The molecule has 6 heteroatoms. The van der Waals surface area contributed by atoms with Crippen molar-refractivity contribution in [2.45, 2.75) is 19.6 Å². The van der Waals surface area contributed by atoms with Gasteiger partial charge in [0.25, 0.3) is 5.56 Å². The van der Waals surface area contributed by atoms with Gasteiger partial charge >= 0.3 is 0 Å². The van der Waals surface area contributed by atoms with Crippen LogP contribution in [0.25, 0.3) is 0 Å². The zero-order valence-corrected chi connectivity index (χ0v) is 10.4. The topological polar surface area (TPSA) is 64.2 Å². The lowest BCUT2D eigenvalue weighted by Crippen LogP contribution is -2.18. The van der Waals surface area contributed by atoms with E-state index < -0.39 is 0 Å². The van der Waals surface area contributed by atoms with Gasteiger partial charge in [0.15, 0.2) is 0 Å². The third-order valence-corrected chi connectivity index (χ3v) is 2.79. The highest BCUT2D eigenvalue weighted by Crippen LogP contribution is 2.14. The van der Waals surface area contributed by atoms with Crippen molar-refractivity contribution in [1.82, 2.24) is 9.97 Å². The Morgan fingerprint density at radius 1 is 1.53 bits per heavy atom. The van der Waals surface area contributed by atoms with E-state index in [0.29, 0.717) is 16.0 Å². The van der Waals surface area contributed by atoms with Gasteiger partial charge < -0.3 is 14.5 Å². The number of nitrogens with one attached hydrogen (secondary N) is 1. The van der Waals surface area contributed by atoms with Crippen LogP contribution in [0.3, 0.4) is 0 Å². The first-order valence-corrected chi connectivity index (χ1v) is 5.19. The molecule has 0 radical (unpaired) electrons. The standard InChI is InChI=1S/C9H13BrN2O3/c1-5(15-3)8-11-6(4-14-2)7(10)9(13)12-8/h5H,4H2,1-3H3,(H,11,12,13). The van der Waals surface area contributed by atoms with E-state index in [1.807, 2.05) is 6.92 Å². The van der Waals surface area contributed by atoms with Crippen molar-refractivity contribution in [1.29, 1.82) is 0 Å². The quantitative estimate of drug-likeness (QED) is 0.903. The summed E-state index contributed by atoms with van der Waals surface area (Å²) < 4.78 is 10.4. The van der Waals surface area contributed by atoms with Crippen molar-refractivity contribution < 1.29 is 9.47 Å². The minimum atomic E-state index is -0.249. The first kappa shape index (κ1) is 12.4. The predicted octanol–water partition coefficient (Wildman–Crippen LogP) is 1.39. The Kier molecular flexibility index (Phi) is 4.44. The molecule has 0 bridgehead atoms. The molecule has 0 saturated carbocycles. The second kappa shape index (κ2) is 5.39. The van der Waals surface area contributed by atoms with Gasteiger partial charge in [0, 0.05) is 14.2 Å². The lowest BCUT2D eigenvalue weighted by molar-refractivity contribution is 0.110. The number of hydrogen-bond acceptors (Lipinski definition) is 4. The SMILES string of the molecule is COCc1nc(C(C)OC)[nH]c(=O)c1Br. The van der Waals surface area contributed by atoms with E-state index in [-0.39, 0.29) is 18.3 Å². The van der Waals surface area contributed by atoms with Crippen molar-refractivity contribution in [2.75, 3.05) is 14.2 Å². The first-order chi connectivity index (χ1) is 7.10. The Bertz CT molecular complexity index is 391. The molecule has 1 atom stereocenters. The summed E-state index contributed by atoms with van der Waals surface area (Å²) in [5.74, 6) is 0.498. The number of aromatic amines is 1. The lowest BCUT2D eigenvalue weighted by atomic mass is 10.3. The van der Waals surface area contributed by atoms with Crippen LogP contribution < -0.4 is 5.56 Å². The number of rotatable bonds is 4. The van der Waals surface area contributed by atoms with Crippen LogP contribution in [0.4, 0.5) is 0 Å². The van der Waals surface area contributed by atoms with Crippen molar-refractivity contribution in [3.63, 3.8) is 0 Å². The minimum Gasteiger partial charge on any atom is -0.378 e. The number of nitrogens with zero attached hydrogens (tertiary/aromatic N) is 1. The van der Waals surface area contributed by atoms with Crippen LogP contribution in [-0.4, -0.2) is 24.2 Å². The van der Waals surface area contributed by atoms with Gasteiger partial charge in [0.2, 0.25) is 0 Å². The van der Waals surface area contributed by atoms with Crippen LogP contribution in [0.5, 0.6) is 0 Å². The molecule has 1 heterocycles. The Balaban J connectivity index is 3.17. The molecule has 0 amide bonds. The Morgan fingerprint density at radius 2 is 2.20 bits per heavy atom. The summed E-state index contributed by atoms with van der Waals surface area (Å²) in [7, 11) is 3.11. The maximum absolute atomic E-state index is 11.5. The average molecular weight is 277 g/mol. The summed E-state index contributed by atoms with van der Waals surface area (Å²) >= 11 is 3.16. The molecule has 1 aromatic heterocycles. The molecule has 15 heavy (non-hydrogen) atoms. The van der Waals surface area contributed by atoms with E-state index >= 15 is 0 Å². The van der Waals surface area contributed by atoms with E-state index in [1.165, 1.54) is 0 Å². The van der Waals surface area contributed by atoms with Gasteiger partial charge in [0.1, 0.15) is 16.4 Å². The number of ether oxygens (including phenoxy) is 2. The van der Waals surface area contributed by atoms with Crippen LogP contribution in [0.2, 0.25) is 0 Å². The molecule has 0 saturated heterocycles. The molecule has 84 valence electrons. The summed E-state index contributed by atoms with van der Waals surface area (Å²) in [6.45, 7) is 2.09. The number of H-pyrrole nitrogens is 1. The Hall–Kier alpha value is -0.720. The number of aromatic nitrogens is 2. The highest BCUT2D eigenvalue weighted by molar-refractivity contribution is 9.10. The number of hydrogen-bond donors (Lipinski definition) is 1. The van der Waals surface area contributed by atoms with Gasteiger partial charge in [-0.1, -0.05) is 0 Å². The van der Waals surface area contributed by atoms with Crippen molar-refractivity contribution >= 4 is 15.9 Å². The lowest BCUT2D eigenvalue weighted by Gasteiger charge is -2.10. The van der Waals surface area contributed by atoms with Gasteiger partial charge in [-0.3, -0.25) is 4.79 Å². The van der Waals surface area contributed by atoms with Crippen LogP contribution in [0.15, 0.2) is 9.27 Å². The van der Waals surface area contributed by atoms with Gasteiger partial charge in [-0.15, -0.1) is 0 Å². The molecule has 1 rings (SSSR count). The molecule has 0 aromatic carbocycles. The van der Waals surface area contributed by atoms with Crippen molar-refractivity contribution in [3.05, 3.63) is 26.3 Å². The Labute approximate surface area is 96.0 Å². The molecule has 0 aliphatic heterocycles. The van der Waals surface area contributed by atoms with Gasteiger partial charge in [-0.2, -0.15) is 0 Å². The van der Waals surface area contributed by atoms with Gasteiger partial charge in [-0.25, -0.2) is 4.98 Å². The number of methoxy groups -OCH3 is 2. The van der Waals surface area contributed by atoms with E-state index in [9.17, 15) is 4.79 Å². The fraction of sp³-hybridized carbons (Fsp3) is 0.556. The highest BCUT2D eigenvalue weighted by atomic mass is 79.9. The molecule has 5 nitrogen and oxygen atoms in total. The molecule has 1 aromatic rings. The number of halogens is 1. The van der Waals surface area contributed by atoms with Crippen LogP contribution in [-0.2, 0) is 16.1 Å². The molecule has 1 unspecified atom stereocenters. The molecule has 0 aliphatic carbocycles. The third kappa shape index (κ3) is 2.87. The zero-order chi connectivity index (χ0) is 11.4. The third-order valence-electron chi connectivity index (χ3n) is 1.97. The normalized spacial score (nSPS) is 12.8. The molecule has 1 N–H and O–H groups in total. The second-order valence-corrected chi connectivity index (χ2v) is 3.82. The van der Waals surface area contributed by atoms with E-state index in [1.54, 1.807) is 14.2 Å². The van der Waals surface area contributed by atoms with Crippen LogP contribution in [0.1, 0.15) is 24.5 Å². The summed E-state index contributed by atoms with van der Waals surface area (Å²) in [6, 6.07) is 0. The maximum atomic E-state index is 11.5. The van der Waals surface area contributed by atoms with Crippen LogP contribution in [0, 0.1) is 0 Å². The maximum Gasteiger partial charge on any atom is 0.265 e. The monoisotopic (exact) mass is 276 g/mol. The highest BCUT2D eigenvalue weighted by Gasteiger charge is 2.12. The molecular formula is C9H13BrN2O3. The summed E-state index contributed by atoms with van der Waals surface area (Å²) in [5, 5.41) is 0. The Morgan fingerprint density at radius 3 is 2.73 bits per heavy atom. The van der Waals surface area contributed by atoms with E-state index in [4.69, 9.17) is 9.47 Å². The summed E-state index contributed by atoms with van der Waals surface area (Å²) in [6.07, 6.45) is -0.249. The predicted molar refractivity (Wildman–Crippen MR) is 58.7 cm³/mol. The fourth-order valence-corrected chi connectivity index (χ4v) is 1.36. The van der Waals surface area contributed by atoms with E-state index in [2.05, 4.69) is 25.9 Å². The summed E-state index contributed by atoms with van der Waals surface area (Å²) in [4.78, 5) is 18.4. The first-order valence-electron chi connectivity index (χ1n) is 4.40. The smallest absolute Gasteiger partial charge is 0.265 e. The molecule has 0 aliphatic rings. The van der Waals surface area contributed by atoms with E-state index in [0.717, 1.165) is 0 Å². The molecule has 0 spiro atoms. The van der Waals surface area contributed by atoms with Gasteiger partial charge in [-0.05, 0) is 22.9 Å². The van der Waals surface area contributed by atoms with Gasteiger partial charge in [0.05, 0.1) is 12.3 Å². The van der Waals surface area contributed by atoms with Crippen molar-refractivity contribution in [3.8, 4) is 0 Å². The zero-order valence-electron chi connectivity index (χ0n) is 8.83. The van der Waals surface area contributed by atoms with Crippen LogP contribution >= 0.6 is 15.9 Å². The average Bonchev–Trinajstić information content (AvgIpc) is 2.23.